The first-order valence-electron chi connectivity index (χ1n) is 12.9. The van der Waals surface area contributed by atoms with Gasteiger partial charge in [-0.1, -0.05) is 105 Å². The second kappa shape index (κ2) is 12.3. The van der Waals surface area contributed by atoms with Crippen LogP contribution < -0.4 is 0 Å². The molecular formula is C31H36F2Si. The Hall–Kier alpha value is -2.52. The molecule has 1 fully saturated rings. The minimum Gasteiger partial charge on any atom is -0.204 e. The van der Waals surface area contributed by atoms with Crippen molar-refractivity contribution in [2.24, 2.45) is 5.92 Å². The number of hydrogen-bond donors (Lipinski definition) is 0. The van der Waals surface area contributed by atoms with Gasteiger partial charge in [0.2, 0.25) is 0 Å². The third-order valence-electron chi connectivity index (χ3n) is 7.38. The average Bonchev–Trinajstić information content (AvgIpc) is 2.88. The standard InChI is InChI=1S/C31H36F2Si/c1-2-3-4-5-20-34-21-18-25(19-22-34)7-6-24-8-10-26(11-9-24)27-12-14-28(15-13-27)29-16-17-30(32)31(33)23-29/h3-4,8-17,23,25,34H,2,5-7,18-22H2,1H3. The molecule has 0 unspecified atom stereocenters. The molecule has 0 amide bonds. The molecule has 0 spiro atoms. The summed E-state index contributed by atoms with van der Waals surface area (Å²) >= 11 is 0. The molecule has 0 atom stereocenters. The van der Waals surface area contributed by atoms with Crippen molar-refractivity contribution in [2.45, 2.75) is 63.6 Å². The highest BCUT2D eigenvalue weighted by molar-refractivity contribution is 6.59. The monoisotopic (exact) mass is 474 g/mol. The number of halogens is 2. The van der Waals surface area contributed by atoms with Gasteiger partial charge in [-0.05, 0) is 71.6 Å². The molecule has 34 heavy (non-hydrogen) atoms. The molecule has 4 rings (SSSR count). The summed E-state index contributed by atoms with van der Waals surface area (Å²) < 4.78 is 26.7. The van der Waals surface area contributed by atoms with Crippen molar-refractivity contribution in [3.05, 3.63) is 96.1 Å². The molecular weight excluding hydrogens is 438 g/mol. The van der Waals surface area contributed by atoms with Crippen LogP contribution in [0.5, 0.6) is 0 Å². The van der Waals surface area contributed by atoms with Gasteiger partial charge in [-0.15, -0.1) is 0 Å². The molecule has 1 aliphatic heterocycles. The molecule has 1 aliphatic rings. The molecule has 1 saturated heterocycles. The fraction of sp³-hybridized carbons (Fsp3) is 0.355. The number of benzene rings is 3. The molecule has 0 nitrogen and oxygen atoms in total. The number of hydrogen-bond acceptors (Lipinski definition) is 0. The second-order valence-electron chi connectivity index (χ2n) is 9.79. The van der Waals surface area contributed by atoms with Crippen LogP contribution in [0.2, 0.25) is 18.1 Å². The van der Waals surface area contributed by atoms with Gasteiger partial charge in [0.15, 0.2) is 11.6 Å². The lowest BCUT2D eigenvalue weighted by Crippen LogP contribution is -2.21. The first-order chi connectivity index (χ1) is 16.6. The van der Waals surface area contributed by atoms with Gasteiger partial charge in [0.25, 0.3) is 0 Å². The summed E-state index contributed by atoms with van der Waals surface area (Å²) in [5.41, 5.74) is 5.31. The van der Waals surface area contributed by atoms with Crippen LogP contribution >= 0.6 is 0 Å². The van der Waals surface area contributed by atoms with Crippen molar-refractivity contribution in [1.29, 1.82) is 0 Å². The molecule has 0 saturated carbocycles. The summed E-state index contributed by atoms with van der Waals surface area (Å²) in [6, 6.07) is 25.6. The molecule has 0 N–H and O–H groups in total. The zero-order chi connectivity index (χ0) is 23.8. The van der Waals surface area contributed by atoms with Gasteiger partial charge in [0, 0.05) is 8.80 Å². The Morgan fingerprint density at radius 2 is 1.35 bits per heavy atom. The van der Waals surface area contributed by atoms with Crippen molar-refractivity contribution >= 4 is 8.80 Å². The highest BCUT2D eigenvalue weighted by atomic mass is 28.3. The quantitative estimate of drug-likeness (QED) is 0.214. The lowest BCUT2D eigenvalue weighted by Gasteiger charge is -2.27. The van der Waals surface area contributed by atoms with Crippen LogP contribution in [-0.2, 0) is 6.42 Å². The van der Waals surface area contributed by atoms with E-state index in [1.54, 1.807) is 18.2 Å². The van der Waals surface area contributed by atoms with E-state index in [2.05, 4.69) is 43.3 Å². The lowest BCUT2D eigenvalue weighted by atomic mass is 9.93. The molecule has 0 radical (unpaired) electrons. The van der Waals surface area contributed by atoms with Gasteiger partial charge in [-0.25, -0.2) is 8.78 Å². The molecule has 3 heteroatoms. The SMILES string of the molecule is CCC=CCC[SiH]1CCC(CCc2ccc(-c3ccc(-c4ccc(F)c(F)c4)cc3)cc2)CC1. The zero-order valence-electron chi connectivity index (χ0n) is 20.3. The van der Waals surface area contributed by atoms with Gasteiger partial charge in [-0.2, -0.15) is 0 Å². The fourth-order valence-corrected chi connectivity index (χ4v) is 8.61. The third-order valence-corrected chi connectivity index (χ3v) is 10.8. The van der Waals surface area contributed by atoms with E-state index < -0.39 is 20.4 Å². The van der Waals surface area contributed by atoms with E-state index in [9.17, 15) is 8.78 Å². The van der Waals surface area contributed by atoms with E-state index in [0.717, 1.165) is 17.0 Å². The average molecular weight is 475 g/mol. The maximum atomic E-state index is 13.5. The van der Waals surface area contributed by atoms with Crippen LogP contribution in [0.15, 0.2) is 78.9 Å². The maximum absolute atomic E-state index is 13.5. The summed E-state index contributed by atoms with van der Waals surface area (Å²) in [6.45, 7) is 2.21. The van der Waals surface area contributed by atoms with Crippen LogP contribution in [0, 0.1) is 17.6 Å². The van der Waals surface area contributed by atoms with E-state index in [0.29, 0.717) is 5.56 Å². The van der Waals surface area contributed by atoms with E-state index in [4.69, 9.17) is 0 Å². The van der Waals surface area contributed by atoms with E-state index in [1.807, 2.05) is 24.3 Å². The summed E-state index contributed by atoms with van der Waals surface area (Å²) in [5, 5.41) is 0. The van der Waals surface area contributed by atoms with Gasteiger partial charge >= 0.3 is 0 Å². The summed E-state index contributed by atoms with van der Waals surface area (Å²) in [6.07, 6.45) is 12.6. The third kappa shape index (κ3) is 6.76. The summed E-state index contributed by atoms with van der Waals surface area (Å²) in [5.74, 6) is -0.712. The topological polar surface area (TPSA) is 0 Å². The summed E-state index contributed by atoms with van der Waals surface area (Å²) in [7, 11) is -0.463. The molecule has 0 aromatic heterocycles. The molecule has 1 heterocycles. The van der Waals surface area contributed by atoms with E-state index >= 15 is 0 Å². The second-order valence-corrected chi connectivity index (χ2v) is 13.2. The maximum Gasteiger partial charge on any atom is 0.159 e. The predicted octanol–water partition coefficient (Wildman–Crippen LogP) is 9.22. The first-order valence-corrected chi connectivity index (χ1v) is 15.4. The first kappa shape index (κ1) is 24.6. The van der Waals surface area contributed by atoms with Crippen LogP contribution in [0.4, 0.5) is 8.78 Å². The predicted molar refractivity (Wildman–Crippen MR) is 144 cm³/mol. The minimum atomic E-state index is -0.814. The van der Waals surface area contributed by atoms with Crippen molar-refractivity contribution in [1.82, 2.24) is 0 Å². The Morgan fingerprint density at radius 3 is 1.97 bits per heavy atom. The molecule has 3 aromatic carbocycles. The van der Waals surface area contributed by atoms with Crippen LogP contribution in [0.1, 0.15) is 44.6 Å². The normalized spacial score (nSPS) is 18.4. The van der Waals surface area contributed by atoms with E-state index in [-0.39, 0.29) is 0 Å². The summed E-state index contributed by atoms with van der Waals surface area (Å²) in [4.78, 5) is 0. The highest BCUT2D eigenvalue weighted by Crippen LogP contribution is 2.31. The van der Waals surface area contributed by atoms with Gasteiger partial charge in [-0.3, -0.25) is 0 Å². The molecule has 178 valence electrons. The molecule has 0 aliphatic carbocycles. The van der Waals surface area contributed by atoms with Gasteiger partial charge < -0.3 is 0 Å². The van der Waals surface area contributed by atoms with Crippen LogP contribution in [0.25, 0.3) is 22.3 Å². The van der Waals surface area contributed by atoms with E-state index in [1.165, 1.54) is 67.8 Å². The Labute approximate surface area is 205 Å². The Bertz CT molecular complexity index is 1060. The highest BCUT2D eigenvalue weighted by Gasteiger charge is 2.21. The lowest BCUT2D eigenvalue weighted by molar-refractivity contribution is 0.437. The van der Waals surface area contributed by atoms with Crippen molar-refractivity contribution in [2.75, 3.05) is 0 Å². The Balaban J connectivity index is 1.26. The van der Waals surface area contributed by atoms with Crippen molar-refractivity contribution in [3.63, 3.8) is 0 Å². The van der Waals surface area contributed by atoms with Crippen molar-refractivity contribution < 1.29 is 8.78 Å². The number of aryl methyl sites for hydroxylation is 1. The smallest absolute Gasteiger partial charge is 0.159 e. The number of rotatable bonds is 9. The zero-order valence-corrected chi connectivity index (χ0v) is 21.4. The Morgan fingerprint density at radius 1 is 0.765 bits per heavy atom. The van der Waals surface area contributed by atoms with Crippen molar-refractivity contribution in [3.8, 4) is 22.3 Å². The largest absolute Gasteiger partial charge is 0.204 e. The Kier molecular flexibility index (Phi) is 8.87. The molecule has 3 aromatic rings. The van der Waals surface area contributed by atoms with Crippen LogP contribution in [0.3, 0.4) is 0 Å². The fourth-order valence-electron chi connectivity index (χ4n) is 5.19. The van der Waals surface area contributed by atoms with Gasteiger partial charge in [0.1, 0.15) is 0 Å². The van der Waals surface area contributed by atoms with Gasteiger partial charge in [0.05, 0.1) is 0 Å². The minimum absolute atomic E-state index is 0.463. The molecule has 0 bridgehead atoms. The van der Waals surface area contributed by atoms with Crippen LogP contribution in [-0.4, -0.2) is 8.80 Å². The number of allylic oxidation sites excluding steroid dienone is 2.